The van der Waals surface area contributed by atoms with E-state index in [1.165, 1.54) is 31.2 Å². The fraction of sp³-hybridized carbons (Fsp3) is 0.538. The monoisotopic (exact) mass is 230 g/mol. The summed E-state index contributed by atoms with van der Waals surface area (Å²) in [7, 11) is 0. The molecule has 2 aromatic rings. The van der Waals surface area contributed by atoms with E-state index in [1.807, 2.05) is 16.9 Å². The Morgan fingerprint density at radius 3 is 2.88 bits per heavy atom. The van der Waals surface area contributed by atoms with Gasteiger partial charge < -0.3 is 5.73 Å². The molecule has 17 heavy (non-hydrogen) atoms. The van der Waals surface area contributed by atoms with Gasteiger partial charge in [-0.05, 0) is 37.3 Å². The van der Waals surface area contributed by atoms with Crippen LogP contribution in [-0.2, 0) is 6.42 Å². The fourth-order valence-electron chi connectivity index (χ4n) is 2.74. The molecule has 1 aliphatic carbocycles. The lowest BCUT2D eigenvalue weighted by Crippen LogP contribution is -2.03. The molecule has 0 saturated heterocycles. The molecule has 1 fully saturated rings. The van der Waals surface area contributed by atoms with Crippen molar-refractivity contribution in [2.75, 3.05) is 6.54 Å². The zero-order valence-corrected chi connectivity index (χ0v) is 9.97. The van der Waals surface area contributed by atoms with Crippen molar-refractivity contribution in [3.8, 4) is 0 Å². The first kappa shape index (κ1) is 10.7. The highest BCUT2D eigenvalue weighted by molar-refractivity contribution is 5.46. The standard InChI is InChI=1S/C13H18N4/c14-6-5-11-8-16-17-9-12(7-15-13(11)17)10-3-1-2-4-10/h7-10H,1-6,14H2. The zero-order valence-electron chi connectivity index (χ0n) is 9.97. The molecule has 2 heterocycles. The molecular weight excluding hydrogens is 212 g/mol. The number of aromatic nitrogens is 3. The summed E-state index contributed by atoms with van der Waals surface area (Å²) >= 11 is 0. The van der Waals surface area contributed by atoms with Crippen LogP contribution in [0.25, 0.3) is 5.65 Å². The van der Waals surface area contributed by atoms with E-state index in [4.69, 9.17) is 5.73 Å². The van der Waals surface area contributed by atoms with Crippen molar-refractivity contribution in [2.45, 2.75) is 38.0 Å². The predicted octanol–water partition coefficient (Wildman–Crippen LogP) is 1.89. The highest BCUT2D eigenvalue weighted by atomic mass is 15.2. The van der Waals surface area contributed by atoms with Gasteiger partial charge in [-0.1, -0.05) is 12.8 Å². The van der Waals surface area contributed by atoms with E-state index in [2.05, 4.69) is 16.3 Å². The van der Waals surface area contributed by atoms with Crippen LogP contribution in [0.3, 0.4) is 0 Å². The van der Waals surface area contributed by atoms with Crippen LogP contribution in [0.2, 0.25) is 0 Å². The van der Waals surface area contributed by atoms with Gasteiger partial charge in [-0.3, -0.25) is 0 Å². The van der Waals surface area contributed by atoms with Gasteiger partial charge in [-0.15, -0.1) is 0 Å². The molecule has 2 aromatic heterocycles. The molecule has 3 rings (SSSR count). The van der Waals surface area contributed by atoms with Crippen molar-refractivity contribution in [1.82, 2.24) is 14.6 Å². The van der Waals surface area contributed by atoms with Gasteiger partial charge in [0.1, 0.15) is 0 Å². The van der Waals surface area contributed by atoms with Gasteiger partial charge in [-0.2, -0.15) is 5.10 Å². The summed E-state index contributed by atoms with van der Waals surface area (Å²) in [5, 5.41) is 4.37. The fourth-order valence-corrected chi connectivity index (χ4v) is 2.74. The van der Waals surface area contributed by atoms with Crippen molar-refractivity contribution in [2.24, 2.45) is 5.73 Å². The molecule has 90 valence electrons. The molecule has 0 radical (unpaired) electrons. The predicted molar refractivity (Wildman–Crippen MR) is 67.0 cm³/mol. The maximum Gasteiger partial charge on any atom is 0.158 e. The smallest absolute Gasteiger partial charge is 0.158 e. The van der Waals surface area contributed by atoms with Gasteiger partial charge in [-0.25, -0.2) is 9.50 Å². The number of nitrogens with two attached hydrogens (primary N) is 1. The summed E-state index contributed by atoms with van der Waals surface area (Å²) in [6.07, 6.45) is 12.2. The van der Waals surface area contributed by atoms with Gasteiger partial charge in [0.05, 0.1) is 6.20 Å². The summed E-state index contributed by atoms with van der Waals surface area (Å²) in [5.74, 6) is 0.689. The maximum absolute atomic E-state index is 5.58. The lowest BCUT2D eigenvalue weighted by Gasteiger charge is -2.08. The maximum atomic E-state index is 5.58. The molecule has 0 bridgehead atoms. The van der Waals surface area contributed by atoms with Gasteiger partial charge in [0.25, 0.3) is 0 Å². The minimum atomic E-state index is 0.646. The molecule has 0 amide bonds. The normalized spacial score (nSPS) is 17.0. The first-order valence-corrected chi connectivity index (χ1v) is 6.40. The Bertz CT molecular complexity index is 511. The number of nitrogens with zero attached hydrogens (tertiary/aromatic N) is 3. The Morgan fingerprint density at radius 1 is 1.29 bits per heavy atom. The van der Waals surface area contributed by atoms with Gasteiger partial charge in [0.15, 0.2) is 5.65 Å². The minimum Gasteiger partial charge on any atom is -0.330 e. The summed E-state index contributed by atoms with van der Waals surface area (Å²) < 4.78 is 1.90. The second-order valence-electron chi connectivity index (χ2n) is 4.85. The summed E-state index contributed by atoms with van der Waals surface area (Å²) in [4.78, 5) is 4.55. The number of fused-ring (bicyclic) bond motifs is 1. The molecule has 1 saturated carbocycles. The first-order valence-electron chi connectivity index (χ1n) is 6.40. The average molecular weight is 230 g/mol. The third-order valence-electron chi connectivity index (χ3n) is 3.69. The van der Waals surface area contributed by atoms with E-state index >= 15 is 0 Å². The lowest BCUT2D eigenvalue weighted by atomic mass is 10.0. The summed E-state index contributed by atoms with van der Waals surface area (Å²) in [6, 6.07) is 0. The third kappa shape index (κ3) is 1.93. The van der Waals surface area contributed by atoms with Crippen molar-refractivity contribution in [3.63, 3.8) is 0 Å². The van der Waals surface area contributed by atoms with Gasteiger partial charge in [0.2, 0.25) is 0 Å². The van der Waals surface area contributed by atoms with Gasteiger partial charge >= 0.3 is 0 Å². The molecule has 1 aliphatic rings. The second kappa shape index (κ2) is 4.45. The van der Waals surface area contributed by atoms with Crippen molar-refractivity contribution >= 4 is 5.65 Å². The molecule has 0 aromatic carbocycles. The van der Waals surface area contributed by atoms with Crippen LogP contribution in [0.15, 0.2) is 18.6 Å². The largest absolute Gasteiger partial charge is 0.330 e. The SMILES string of the molecule is NCCc1cnn2cc(C3CCCC3)cnc12. The Balaban J connectivity index is 1.96. The quantitative estimate of drug-likeness (QED) is 0.876. The van der Waals surface area contributed by atoms with Crippen LogP contribution in [0.1, 0.15) is 42.7 Å². The Morgan fingerprint density at radius 2 is 2.12 bits per heavy atom. The first-order chi connectivity index (χ1) is 8.38. The Kier molecular flexibility index (Phi) is 2.81. The van der Waals surface area contributed by atoms with E-state index in [0.717, 1.165) is 17.6 Å². The van der Waals surface area contributed by atoms with E-state index < -0.39 is 0 Å². The highest BCUT2D eigenvalue weighted by Gasteiger charge is 2.18. The van der Waals surface area contributed by atoms with Gasteiger partial charge in [0, 0.05) is 18.0 Å². The van der Waals surface area contributed by atoms with Crippen LogP contribution in [-0.4, -0.2) is 21.1 Å². The van der Waals surface area contributed by atoms with Crippen LogP contribution in [0, 0.1) is 0 Å². The molecule has 0 atom stereocenters. The number of hydrogen-bond acceptors (Lipinski definition) is 3. The van der Waals surface area contributed by atoms with Crippen molar-refractivity contribution < 1.29 is 0 Å². The zero-order chi connectivity index (χ0) is 11.7. The number of hydrogen-bond donors (Lipinski definition) is 1. The Labute approximate surface area is 101 Å². The lowest BCUT2D eigenvalue weighted by molar-refractivity contribution is 0.707. The molecule has 0 unspecified atom stereocenters. The van der Waals surface area contributed by atoms with E-state index in [9.17, 15) is 0 Å². The van der Waals surface area contributed by atoms with E-state index in [-0.39, 0.29) is 0 Å². The van der Waals surface area contributed by atoms with E-state index in [1.54, 1.807) is 0 Å². The minimum absolute atomic E-state index is 0.646. The molecule has 0 aliphatic heterocycles. The van der Waals surface area contributed by atoms with Crippen molar-refractivity contribution in [1.29, 1.82) is 0 Å². The molecule has 2 N–H and O–H groups in total. The third-order valence-corrected chi connectivity index (χ3v) is 3.69. The molecular formula is C13H18N4. The summed E-state index contributed by atoms with van der Waals surface area (Å²) in [5.41, 5.74) is 9.01. The highest BCUT2D eigenvalue weighted by Crippen LogP contribution is 2.33. The van der Waals surface area contributed by atoms with E-state index in [0.29, 0.717) is 12.5 Å². The molecule has 4 nitrogen and oxygen atoms in total. The average Bonchev–Trinajstić information content (AvgIpc) is 2.98. The Hall–Kier alpha value is -1.42. The molecule has 0 spiro atoms. The van der Waals surface area contributed by atoms with Crippen LogP contribution >= 0.6 is 0 Å². The van der Waals surface area contributed by atoms with Crippen LogP contribution in [0.4, 0.5) is 0 Å². The van der Waals surface area contributed by atoms with Crippen LogP contribution < -0.4 is 5.73 Å². The van der Waals surface area contributed by atoms with Crippen LogP contribution in [0.5, 0.6) is 0 Å². The second-order valence-corrected chi connectivity index (χ2v) is 4.85. The summed E-state index contributed by atoms with van der Waals surface area (Å²) in [6.45, 7) is 0.646. The number of rotatable bonds is 3. The topological polar surface area (TPSA) is 56.2 Å². The molecule has 4 heteroatoms. The van der Waals surface area contributed by atoms with Crippen molar-refractivity contribution in [3.05, 3.63) is 29.7 Å².